The van der Waals surface area contributed by atoms with Crippen molar-refractivity contribution in [2.75, 3.05) is 26.2 Å². The van der Waals surface area contributed by atoms with Gasteiger partial charge in [0.15, 0.2) is 0 Å². The van der Waals surface area contributed by atoms with Crippen LogP contribution in [0.1, 0.15) is 10.4 Å². The van der Waals surface area contributed by atoms with Crippen molar-refractivity contribution in [2.24, 2.45) is 11.5 Å². The smallest absolute Gasteiger partial charge is 0.339 e. The van der Waals surface area contributed by atoms with Gasteiger partial charge in [0.25, 0.3) is 0 Å². The Kier molecular flexibility index (Phi) is 6.15. The third kappa shape index (κ3) is 5.91. The zero-order chi connectivity index (χ0) is 15.8. The van der Waals surface area contributed by atoms with Gasteiger partial charge in [0, 0.05) is 6.54 Å². The van der Waals surface area contributed by atoms with Gasteiger partial charge in [-0.1, -0.05) is 12.1 Å². The number of benzene rings is 1. The Morgan fingerprint density at radius 1 is 1.10 bits per heavy atom. The standard InChI is InChI=1S/C13H17N3O5/c14-11(17)7-16(8-12(15)18)5-6-21-10-4-2-1-3-9(10)13(19)20/h1-4H,5-8H2,(H2,14,17)(H2,15,18)(H,19,20). The molecule has 1 rings (SSSR count). The number of para-hydroxylation sites is 1. The van der Waals surface area contributed by atoms with E-state index < -0.39 is 17.8 Å². The highest BCUT2D eigenvalue weighted by Gasteiger charge is 2.13. The second-order valence-corrected chi connectivity index (χ2v) is 4.29. The van der Waals surface area contributed by atoms with Crippen LogP contribution in [0, 0.1) is 0 Å². The van der Waals surface area contributed by atoms with Crippen LogP contribution >= 0.6 is 0 Å². The van der Waals surface area contributed by atoms with E-state index in [0.717, 1.165) is 0 Å². The van der Waals surface area contributed by atoms with Crippen LogP contribution in [-0.4, -0.2) is 54.0 Å². The van der Waals surface area contributed by atoms with E-state index in [1.54, 1.807) is 12.1 Å². The molecule has 0 radical (unpaired) electrons. The third-order valence-electron chi connectivity index (χ3n) is 2.54. The van der Waals surface area contributed by atoms with Crippen LogP contribution in [0.4, 0.5) is 0 Å². The fourth-order valence-electron chi connectivity index (χ4n) is 1.71. The molecule has 0 saturated heterocycles. The van der Waals surface area contributed by atoms with Gasteiger partial charge in [-0.25, -0.2) is 4.79 Å². The fourth-order valence-corrected chi connectivity index (χ4v) is 1.71. The molecule has 2 amide bonds. The monoisotopic (exact) mass is 295 g/mol. The van der Waals surface area contributed by atoms with Gasteiger partial charge >= 0.3 is 5.97 Å². The average Bonchev–Trinajstić information content (AvgIpc) is 2.37. The van der Waals surface area contributed by atoms with Gasteiger partial charge in [-0.3, -0.25) is 14.5 Å². The molecule has 0 unspecified atom stereocenters. The normalized spacial score (nSPS) is 10.3. The van der Waals surface area contributed by atoms with Crippen molar-refractivity contribution in [3.05, 3.63) is 29.8 Å². The van der Waals surface area contributed by atoms with Gasteiger partial charge < -0.3 is 21.3 Å². The summed E-state index contributed by atoms with van der Waals surface area (Å²) in [5.41, 5.74) is 10.2. The summed E-state index contributed by atoms with van der Waals surface area (Å²) < 4.78 is 5.37. The molecule has 0 aliphatic carbocycles. The van der Waals surface area contributed by atoms with Crippen molar-refractivity contribution in [3.8, 4) is 5.75 Å². The summed E-state index contributed by atoms with van der Waals surface area (Å²) in [5.74, 6) is -2.08. The van der Waals surface area contributed by atoms with E-state index in [2.05, 4.69) is 0 Å². The van der Waals surface area contributed by atoms with Crippen LogP contribution < -0.4 is 16.2 Å². The van der Waals surface area contributed by atoms with Gasteiger partial charge in [0.1, 0.15) is 17.9 Å². The zero-order valence-electron chi connectivity index (χ0n) is 11.3. The quantitative estimate of drug-likeness (QED) is 0.536. The van der Waals surface area contributed by atoms with E-state index in [-0.39, 0.29) is 37.6 Å². The summed E-state index contributed by atoms with van der Waals surface area (Å²) in [4.78, 5) is 34.2. The van der Waals surface area contributed by atoms with Gasteiger partial charge in [-0.05, 0) is 12.1 Å². The lowest BCUT2D eigenvalue weighted by Crippen LogP contribution is -2.41. The van der Waals surface area contributed by atoms with E-state index >= 15 is 0 Å². The number of primary amides is 2. The number of carboxylic acid groups (broad SMARTS) is 1. The van der Waals surface area contributed by atoms with Crippen molar-refractivity contribution in [2.45, 2.75) is 0 Å². The lowest BCUT2D eigenvalue weighted by molar-refractivity contribution is -0.122. The molecule has 8 heteroatoms. The van der Waals surface area contributed by atoms with Crippen molar-refractivity contribution < 1.29 is 24.2 Å². The lowest BCUT2D eigenvalue weighted by atomic mass is 10.2. The molecule has 21 heavy (non-hydrogen) atoms. The first-order valence-electron chi connectivity index (χ1n) is 6.14. The van der Waals surface area contributed by atoms with Gasteiger partial charge in [0.05, 0.1) is 13.1 Å². The molecule has 114 valence electrons. The first kappa shape index (κ1) is 16.4. The van der Waals surface area contributed by atoms with E-state index in [4.69, 9.17) is 21.3 Å². The number of ether oxygens (including phenoxy) is 1. The summed E-state index contributed by atoms with van der Waals surface area (Å²) in [6.45, 7) is 0.0322. The Hall–Kier alpha value is -2.61. The van der Waals surface area contributed by atoms with E-state index in [1.165, 1.54) is 17.0 Å². The minimum atomic E-state index is -1.10. The number of nitrogens with two attached hydrogens (primary N) is 2. The Bertz CT molecular complexity index is 516. The molecule has 1 aromatic carbocycles. The second kappa shape index (κ2) is 7.85. The van der Waals surface area contributed by atoms with Crippen LogP contribution in [0.25, 0.3) is 0 Å². The zero-order valence-corrected chi connectivity index (χ0v) is 11.3. The molecular formula is C13H17N3O5. The van der Waals surface area contributed by atoms with Crippen LogP contribution in [0.3, 0.4) is 0 Å². The van der Waals surface area contributed by atoms with E-state index in [0.29, 0.717) is 0 Å². The molecular weight excluding hydrogens is 278 g/mol. The molecule has 5 N–H and O–H groups in total. The number of carbonyl (C=O) groups is 3. The van der Waals surface area contributed by atoms with Gasteiger partial charge in [0.2, 0.25) is 11.8 Å². The maximum Gasteiger partial charge on any atom is 0.339 e. The Morgan fingerprint density at radius 2 is 1.67 bits per heavy atom. The van der Waals surface area contributed by atoms with Crippen molar-refractivity contribution in [1.29, 1.82) is 0 Å². The van der Waals surface area contributed by atoms with Gasteiger partial charge in [-0.15, -0.1) is 0 Å². The Labute approximate surface area is 121 Å². The first-order chi connectivity index (χ1) is 9.90. The van der Waals surface area contributed by atoms with E-state index in [9.17, 15) is 14.4 Å². The number of hydrogen-bond acceptors (Lipinski definition) is 5. The topological polar surface area (TPSA) is 136 Å². The SMILES string of the molecule is NC(=O)CN(CCOc1ccccc1C(=O)O)CC(N)=O. The molecule has 0 bridgehead atoms. The predicted octanol–water partition coefficient (Wildman–Crippen LogP) is -0.964. The Morgan fingerprint density at radius 3 is 2.19 bits per heavy atom. The number of rotatable bonds is 9. The minimum Gasteiger partial charge on any atom is -0.491 e. The number of hydrogen-bond donors (Lipinski definition) is 3. The summed E-state index contributed by atoms with van der Waals surface area (Å²) in [6.07, 6.45) is 0. The number of aromatic carboxylic acids is 1. The molecule has 8 nitrogen and oxygen atoms in total. The third-order valence-corrected chi connectivity index (χ3v) is 2.54. The van der Waals surface area contributed by atoms with Crippen molar-refractivity contribution in [3.63, 3.8) is 0 Å². The molecule has 0 aliphatic heterocycles. The van der Waals surface area contributed by atoms with Gasteiger partial charge in [-0.2, -0.15) is 0 Å². The molecule has 0 aliphatic rings. The average molecular weight is 295 g/mol. The largest absolute Gasteiger partial charge is 0.491 e. The maximum absolute atomic E-state index is 11.0. The molecule has 0 heterocycles. The molecule has 0 fully saturated rings. The summed E-state index contributed by atoms with van der Waals surface area (Å²) in [6, 6.07) is 6.17. The number of carboxylic acids is 1. The highest BCUT2D eigenvalue weighted by molar-refractivity contribution is 5.90. The molecule has 0 saturated carbocycles. The van der Waals surface area contributed by atoms with Crippen molar-refractivity contribution >= 4 is 17.8 Å². The molecule has 0 spiro atoms. The maximum atomic E-state index is 11.0. The van der Waals surface area contributed by atoms with Crippen LogP contribution in [0.5, 0.6) is 5.75 Å². The number of carbonyl (C=O) groups excluding carboxylic acids is 2. The Balaban J connectivity index is 2.59. The van der Waals surface area contributed by atoms with Crippen LogP contribution in [0.15, 0.2) is 24.3 Å². The molecule has 0 atom stereocenters. The first-order valence-corrected chi connectivity index (χ1v) is 6.14. The summed E-state index contributed by atoms with van der Waals surface area (Å²) in [7, 11) is 0. The van der Waals surface area contributed by atoms with Crippen LogP contribution in [-0.2, 0) is 9.59 Å². The summed E-state index contributed by atoms with van der Waals surface area (Å²) >= 11 is 0. The summed E-state index contributed by atoms with van der Waals surface area (Å²) in [5, 5.41) is 9.00. The fraction of sp³-hybridized carbons (Fsp3) is 0.308. The highest BCUT2D eigenvalue weighted by Crippen LogP contribution is 2.17. The lowest BCUT2D eigenvalue weighted by Gasteiger charge is -2.19. The molecule has 1 aromatic rings. The van der Waals surface area contributed by atoms with Crippen LogP contribution in [0.2, 0.25) is 0 Å². The van der Waals surface area contributed by atoms with E-state index in [1.807, 2.05) is 0 Å². The molecule has 0 aromatic heterocycles. The number of nitrogens with zero attached hydrogens (tertiary/aromatic N) is 1. The predicted molar refractivity (Wildman–Crippen MR) is 73.7 cm³/mol. The van der Waals surface area contributed by atoms with Crippen molar-refractivity contribution in [1.82, 2.24) is 4.90 Å². The second-order valence-electron chi connectivity index (χ2n) is 4.29. The number of amides is 2. The highest BCUT2D eigenvalue weighted by atomic mass is 16.5. The minimum absolute atomic E-state index is 0.0360.